The highest BCUT2D eigenvalue weighted by atomic mass is 35.5. The number of halogens is 2. The molecule has 1 heterocycles. The largest absolute Gasteiger partial charge is 0.247 e. The zero-order valence-electron chi connectivity index (χ0n) is 10.2. The number of nitrogens with zero attached hydrogens (tertiary/aromatic N) is 1. The first-order valence-electron chi connectivity index (χ1n) is 5.89. The van der Waals surface area contributed by atoms with Gasteiger partial charge in [0.15, 0.2) is 0 Å². The van der Waals surface area contributed by atoms with Crippen molar-refractivity contribution >= 4 is 34.5 Å². The SMILES string of the molecule is Cc1nc(CC(CCl)Cc2ccccc2Cl)cs1. The average molecular weight is 300 g/mol. The van der Waals surface area contributed by atoms with Crippen LogP contribution in [0.3, 0.4) is 0 Å². The highest BCUT2D eigenvalue weighted by molar-refractivity contribution is 7.09. The van der Waals surface area contributed by atoms with Crippen molar-refractivity contribution in [2.75, 3.05) is 5.88 Å². The van der Waals surface area contributed by atoms with Crippen LogP contribution in [0.2, 0.25) is 5.02 Å². The second-order valence-corrected chi connectivity index (χ2v) is 6.16. The first-order valence-corrected chi connectivity index (χ1v) is 7.68. The molecule has 0 bridgehead atoms. The van der Waals surface area contributed by atoms with Crippen molar-refractivity contribution in [3.05, 3.63) is 50.9 Å². The molecule has 0 radical (unpaired) electrons. The van der Waals surface area contributed by atoms with Gasteiger partial charge in [-0.2, -0.15) is 0 Å². The van der Waals surface area contributed by atoms with Gasteiger partial charge < -0.3 is 0 Å². The van der Waals surface area contributed by atoms with E-state index >= 15 is 0 Å². The molecule has 0 aliphatic heterocycles. The van der Waals surface area contributed by atoms with Gasteiger partial charge in [0.25, 0.3) is 0 Å². The number of rotatable bonds is 5. The minimum Gasteiger partial charge on any atom is -0.247 e. The van der Waals surface area contributed by atoms with Crippen molar-refractivity contribution in [3.63, 3.8) is 0 Å². The molecular formula is C14H15Cl2NS. The smallest absolute Gasteiger partial charge is 0.0897 e. The minimum atomic E-state index is 0.382. The number of hydrogen-bond donors (Lipinski definition) is 0. The van der Waals surface area contributed by atoms with Crippen LogP contribution in [0.5, 0.6) is 0 Å². The molecule has 1 nitrogen and oxygen atoms in total. The Kier molecular flexibility index (Phi) is 5.04. The minimum absolute atomic E-state index is 0.382. The number of benzene rings is 1. The van der Waals surface area contributed by atoms with Gasteiger partial charge >= 0.3 is 0 Å². The molecule has 1 aromatic heterocycles. The van der Waals surface area contributed by atoms with Crippen molar-refractivity contribution in [1.82, 2.24) is 4.98 Å². The third-order valence-electron chi connectivity index (χ3n) is 2.85. The van der Waals surface area contributed by atoms with Crippen LogP contribution in [0.4, 0.5) is 0 Å². The molecule has 96 valence electrons. The Balaban J connectivity index is 2.04. The van der Waals surface area contributed by atoms with Crippen LogP contribution in [0.15, 0.2) is 29.6 Å². The monoisotopic (exact) mass is 299 g/mol. The number of aromatic nitrogens is 1. The number of aryl methyl sites for hydroxylation is 1. The van der Waals surface area contributed by atoms with Crippen LogP contribution >= 0.6 is 34.5 Å². The van der Waals surface area contributed by atoms with Crippen LogP contribution in [0, 0.1) is 12.8 Å². The molecule has 2 rings (SSSR count). The predicted octanol–water partition coefficient (Wildman–Crippen LogP) is 4.75. The maximum atomic E-state index is 6.18. The fourth-order valence-corrected chi connectivity index (χ4v) is 3.01. The van der Waals surface area contributed by atoms with Crippen molar-refractivity contribution < 1.29 is 0 Å². The average Bonchev–Trinajstić information content (AvgIpc) is 2.76. The molecule has 0 aliphatic carbocycles. The summed E-state index contributed by atoms with van der Waals surface area (Å²) < 4.78 is 0. The van der Waals surface area contributed by atoms with E-state index in [1.807, 2.05) is 25.1 Å². The molecule has 2 aromatic rings. The number of hydrogen-bond acceptors (Lipinski definition) is 2. The standard InChI is InChI=1S/C14H15Cl2NS/c1-10-17-13(9-18-10)7-11(8-15)6-12-4-2-3-5-14(12)16/h2-5,9,11H,6-8H2,1H3. The molecule has 1 unspecified atom stereocenters. The van der Waals surface area contributed by atoms with E-state index in [1.54, 1.807) is 11.3 Å². The van der Waals surface area contributed by atoms with Gasteiger partial charge in [0.1, 0.15) is 0 Å². The highest BCUT2D eigenvalue weighted by Gasteiger charge is 2.13. The van der Waals surface area contributed by atoms with Gasteiger partial charge in [0.05, 0.1) is 10.7 Å². The van der Waals surface area contributed by atoms with E-state index in [-0.39, 0.29) is 0 Å². The van der Waals surface area contributed by atoms with Gasteiger partial charge in [0.2, 0.25) is 0 Å². The Morgan fingerprint density at radius 2 is 2.06 bits per heavy atom. The van der Waals surface area contributed by atoms with Crippen LogP contribution in [-0.4, -0.2) is 10.9 Å². The Hall–Kier alpha value is -0.570. The molecule has 18 heavy (non-hydrogen) atoms. The van der Waals surface area contributed by atoms with E-state index in [9.17, 15) is 0 Å². The van der Waals surface area contributed by atoms with Gasteiger partial charge in [-0.05, 0) is 37.3 Å². The van der Waals surface area contributed by atoms with E-state index in [1.165, 1.54) is 0 Å². The quantitative estimate of drug-likeness (QED) is 0.726. The fourth-order valence-electron chi connectivity index (χ4n) is 1.95. The maximum Gasteiger partial charge on any atom is 0.0897 e. The van der Waals surface area contributed by atoms with Crippen LogP contribution in [0.25, 0.3) is 0 Å². The molecule has 0 saturated carbocycles. The van der Waals surface area contributed by atoms with E-state index in [0.29, 0.717) is 11.8 Å². The lowest BCUT2D eigenvalue weighted by Gasteiger charge is -2.13. The van der Waals surface area contributed by atoms with Crippen molar-refractivity contribution in [2.24, 2.45) is 5.92 Å². The molecule has 1 atom stereocenters. The van der Waals surface area contributed by atoms with Crippen LogP contribution in [0.1, 0.15) is 16.3 Å². The summed E-state index contributed by atoms with van der Waals surface area (Å²) in [5.74, 6) is 1.01. The summed E-state index contributed by atoms with van der Waals surface area (Å²) in [5, 5.41) is 4.04. The maximum absolute atomic E-state index is 6.18. The second-order valence-electron chi connectivity index (χ2n) is 4.38. The number of thiazole rings is 1. The molecule has 0 saturated heterocycles. The zero-order chi connectivity index (χ0) is 13.0. The Morgan fingerprint density at radius 1 is 1.28 bits per heavy atom. The van der Waals surface area contributed by atoms with Gasteiger partial charge in [-0.15, -0.1) is 22.9 Å². The Morgan fingerprint density at radius 3 is 2.67 bits per heavy atom. The molecular weight excluding hydrogens is 285 g/mol. The lowest BCUT2D eigenvalue weighted by atomic mass is 9.97. The van der Waals surface area contributed by atoms with E-state index in [4.69, 9.17) is 23.2 Å². The summed E-state index contributed by atoms with van der Waals surface area (Å²) in [5.41, 5.74) is 2.30. The third kappa shape index (κ3) is 3.71. The van der Waals surface area contributed by atoms with Crippen molar-refractivity contribution in [3.8, 4) is 0 Å². The summed E-state index contributed by atoms with van der Waals surface area (Å²) in [6, 6.07) is 7.95. The lowest BCUT2D eigenvalue weighted by molar-refractivity contribution is 0.577. The first-order chi connectivity index (χ1) is 8.69. The Bertz CT molecular complexity index is 510. The molecule has 1 aromatic carbocycles. The molecule has 0 spiro atoms. The van der Waals surface area contributed by atoms with Crippen LogP contribution in [-0.2, 0) is 12.8 Å². The summed E-state index contributed by atoms with van der Waals surface area (Å²) in [4.78, 5) is 4.49. The molecule has 4 heteroatoms. The fraction of sp³-hybridized carbons (Fsp3) is 0.357. The third-order valence-corrected chi connectivity index (χ3v) is 4.48. The lowest BCUT2D eigenvalue weighted by Crippen LogP contribution is -2.10. The topological polar surface area (TPSA) is 12.9 Å². The number of alkyl halides is 1. The van der Waals surface area contributed by atoms with E-state index < -0.39 is 0 Å². The predicted molar refractivity (Wildman–Crippen MR) is 79.9 cm³/mol. The van der Waals surface area contributed by atoms with Crippen molar-refractivity contribution in [2.45, 2.75) is 19.8 Å². The first kappa shape index (κ1) is 13.9. The summed E-state index contributed by atoms with van der Waals surface area (Å²) in [6.45, 7) is 2.03. The zero-order valence-corrected chi connectivity index (χ0v) is 12.5. The molecule has 0 N–H and O–H groups in total. The molecule has 0 fully saturated rings. The molecule has 0 aliphatic rings. The van der Waals surface area contributed by atoms with Crippen molar-refractivity contribution in [1.29, 1.82) is 0 Å². The summed E-state index contributed by atoms with van der Waals surface area (Å²) >= 11 is 13.9. The molecule has 0 amide bonds. The summed E-state index contributed by atoms with van der Waals surface area (Å²) in [7, 11) is 0. The van der Waals surface area contributed by atoms with Gasteiger partial charge in [0, 0.05) is 16.3 Å². The van der Waals surface area contributed by atoms with Gasteiger partial charge in [-0.1, -0.05) is 29.8 Å². The van der Waals surface area contributed by atoms with Gasteiger partial charge in [-0.25, -0.2) is 4.98 Å². The normalized spacial score (nSPS) is 12.6. The van der Waals surface area contributed by atoms with Gasteiger partial charge in [-0.3, -0.25) is 0 Å². The Labute approximate surface area is 122 Å². The van der Waals surface area contributed by atoms with E-state index in [2.05, 4.69) is 16.4 Å². The van der Waals surface area contributed by atoms with E-state index in [0.717, 1.165) is 34.1 Å². The highest BCUT2D eigenvalue weighted by Crippen LogP contribution is 2.22. The second kappa shape index (κ2) is 6.55. The summed E-state index contributed by atoms with van der Waals surface area (Å²) in [6.07, 6.45) is 1.82. The van der Waals surface area contributed by atoms with Crippen LogP contribution < -0.4 is 0 Å².